The Morgan fingerprint density at radius 2 is 1.77 bits per heavy atom. The zero-order valence-electron chi connectivity index (χ0n) is 37.4. The van der Waals surface area contributed by atoms with Crippen LogP contribution in [0.4, 0.5) is 0 Å². The Morgan fingerprint density at radius 3 is 2.38 bits per heavy atom. The minimum Gasteiger partial charge on any atom is -0.458 e. The maximum absolute atomic E-state index is 15.0. The number of aromatic nitrogens is 3. The minimum atomic E-state index is -1.58. The molecule has 3 fully saturated rings. The monoisotopic (exact) mass is 872 g/mol. The van der Waals surface area contributed by atoms with E-state index in [4.69, 9.17) is 34.3 Å². The zero-order chi connectivity index (χ0) is 45.1. The van der Waals surface area contributed by atoms with Crippen LogP contribution in [0.25, 0.3) is 10.7 Å². The fraction of sp³-hybridized carbons (Fsp3) is 0.721. The van der Waals surface area contributed by atoms with Crippen LogP contribution in [0.5, 0.6) is 0 Å². The third kappa shape index (κ3) is 9.84. The van der Waals surface area contributed by atoms with E-state index in [0.29, 0.717) is 22.1 Å². The van der Waals surface area contributed by atoms with Crippen LogP contribution in [-0.2, 0) is 47.7 Å². The minimum absolute atomic E-state index is 0.0576. The van der Waals surface area contributed by atoms with E-state index in [-0.39, 0.29) is 43.0 Å². The molecule has 1 unspecified atom stereocenters. The van der Waals surface area contributed by atoms with E-state index in [2.05, 4.69) is 20.3 Å². The summed E-state index contributed by atoms with van der Waals surface area (Å²) in [4.78, 5) is 69.6. The molecule has 17 nitrogen and oxygen atoms in total. The summed E-state index contributed by atoms with van der Waals surface area (Å²) in [5.74, 6) is -8.74. The number of amidine groups is 1. The largest absolute Gasteiger partial charge is 0.458 e. The first-order valence-corrected chi connectivity index (χ1v) is 22.0. The molecule has 0 aromatic carbocycles. The van der Waals surface area contributed by atoms with Gasteiger partial charge in [-0.1, -0.05) is 50.3 Å². The standard InChI is InChI=1S/C43H64N6O11S/c1-13-26-31-30(36(44)48-60-25(7)37-46-47-38(61-37)27-17-15-16-18-45-27)40(54)59-43(31,9)29(14-2)57-39(53)24(6)33(51)23(5)35(42(8,55-12)20-21(3)32(26)50)58-41-34(52)28(49(10)11)19-22(4)56-41/h15-18,21-26,28-31,34-35,41,52H,13-14,19-20H2,1-12H3,(H2,44,48)/t21-,22-,23+,24-,25+,26-,28+,29+,30-,31+,34-,35-,41?,42-,43-/m1/s1. The van der Waals surface area contributed by atoms with Gasteiger partial charge in [0.15, 0.2) is 39.6 Å². The van der Waals surface area contributed by atoms with Gasteiger partial charge in [0.05, 0.1) is 17.8 Å². The molecule has 0 aliphatic carbocycles. The number of carbonyl (C=O) groups excluding carboxylic acids is 4. The highest BCUT2D eigenvalue weighted by Gasteiger charge is 2.63. The van der Waals surface area contributed by atoms with E-state index in [1.807, 2.05) is 45.0 Å². The summed E-state index contributed by atoms with van der Waals surface area (Å²) in [6, 6.07) is 5.14. The van der Waals surface area contributed by atoms with Gasteiger partial charge < -0.3 is 44.3 Å². The SMILES string of the molecule is CC[C@@H]1OC(=O)[C@H](C)C(=O)[C@H](C)[C@@H](OC2O[C@H](C)C[C@H](N(C)C)[C@H]2O)[C@](C)(OC)C[C@@H](C)C(=O)[C@H](CC)[C@H]2[C@H](/C(N)=N/O[C@@H](C)c3nnc(-c4ccccn4)s3)C(=O)O[C@@]21C. The van der Waals surface area contributed by atoms with Crippen LogP contribution in [-0.4, -0.2) is 124 Å². The number of oxime groups is 1. The number of hydrogen-bond donors (Lipinski definition) is 2. The first kappa shape index (κ1) is 48.1. The van der Waals surface area contributed by atoms with Crippen molar-refractivity contribution in [2.24, 2.45) is 46.4 Å². The molecule has 5 rings (SSSR count). The third-order valence-electron chi connectivity index (χ3n) is 12.9. The first-order chi connectivity index (χ1) is 28.7. The van der Waals surface area contributed by atoms with Crippen molar-refractivity contribution in [2.75, 3.05) is 21.2 Å². The Bertz CT molecular complexity index is 1900. The number of nitrogens with zero attached hydrogens (tertiary/aromatic N) is 5. The van der Waals surface area contributed by atoms with Crippen LogP contribution >= 0.6 is 11.3 Å². The Morgan fingerprint density at radius 1 is 1.07 bits per heavy atom. The second-order valence-corrected chi connectivity index (χ2v) is 18.5. The van der Waals surface area contributed by atoms with Gasteiger partial charge in [0, 0.05) is 43.0 Å². The predicted molar refractivity (Wildman–Crippen MR) is 225 cm³/mol. The van der Waals surface area contributed by atoms with E-state index in [9.17, 15) is 19.5 Å². The highest BCUT2D eigenvalue weighted by Crippen LogP contribution is 2.49. The molecule has 338 valence electrons. The Hall–Kier alpha value is -3.94. The maximum Gasteiger partial charge on any atom is 0.317 e. The number of likely N-dealkylation sites (N-methyl/N-ethyl adjacent to an activating group) is 1. The fourth-order valence-electron chi connectivity index (χ4n) is 9.40. The molecule has 2 aromatic heterocycles. The number of carbonyl (C=O) groups is 4. The smallest absolute Gasteiger partial charge is 0.317 e. The lowest BCUT2D eigenvalue weighted by atomic mass is 9.65. The number of pyridine rings is 1. The molecule has 0 amide bonds. The third-order valence-corrected chi connectivity index (χ3v) is 14.0. The second kappa shape index (κ2) is 19.6. The summed E-state index contributed by atoms with van der Waals surface area (Å²) < 4.78 is 31.3. The van der Waals surface area contributed by atoms with E-state index in [1.165, 1.54) is 25.4 Å². The summed E-state index contributed by atoms with van der Waals surface area (Å²) in [5, 5.41) is 25.2. The summed E-state index contributed by atoms with van der Waals surface area (Å²) in [6.07, 6.45) is -2.76. The van der Waals surface area contributed by atoms with Gasteiger partial charge in [0.2, 0.25) is 0 Å². The van der Waals surface area contributed by atoms with Crippen LogP contribution in [0.15, 0.2) is 29.6 Å². The number of nitrogens with two attached hydrogens (primary N) is 1. The van der Waals surface area contributed by atoms with Crippen molar-refractivity contribution >= 4 is 40.7 Å². The molecule has 15 atom stereocenters. The van der Waals surface area contributed by atoms with Gasteiger partial charge in [-0.05, 0) is 86.5 Å². The molecule has 61 heavy (non-hydrogen) atoms. The molecule has 0 radical (unpaired) electrons. The summed E-state index contributed by atoms with van der Waals surface area (Å²) in [6.45, 7) is 15.4. The highest BCUT2D eigenvalue weighted by atomic mass is 32.1. The van der Waals surface area contributed by atoms with Crippen molar-refractivity contribution in [1.29, 1.82) is 0 Å². The quantitative estimate of drug-likeness (QED) is 0.104. The lowest BCUT2D eigenvalue weighted by Gasteiger charge is -2.47. The van der Waals surface area contributed by atoms with Crippen molar-refractivity contribution in [1.82, 2.24) is 20.1 Å². The number of fused-ring (bicyclic) bond motifs is 1. The fourth-order valence-corrected chi connectivity index (χ4v) is 10.2. The maximum atomic E-state index is 15.0. The van der Waals surface area contributed by atoms with Crippen molar-refractivity contribution in [3.05, 3.63) is 29.4 Å². The molecule has 0 saturated carbocycles. The number of esters is 2. The predicted octanol–water partition coefficient (Wildman–Crippen LogP) is 4.51. The van der Waals surface area contributed by atoms with Gasteiger partial charge in [-0.2, -0.15) is 0 Å². The van der Waals surface area contributed by atoms with Crippen LogP contribution in [0.3, 0.4) is 0 Å². The number of Topliss-reactive ketones (excluding diaryl/α,β-unsaturated/α-hetero) is 2. The number of aliphatic hydroxyl groups excluding tert-OH is 1. The topological polar surface area (TPSA) is 224 Å². The number of ketones is 2. The van der Waals surface area contributed by atoms with Gasteiger partial charge >= 0.3 is 11.9 Å². The Kier molecular flexibility index (Phi) is 15.5. The number of hydrogen-bond acceptors (Lipinski definition) is 17. The summed E-state index contributed by atoms with van der Waals surface area (Å²) in [5.41, 5.74) is 4.38. The lowest BCUT2D eigenvalue weighted by molar-refractivity contribution is -0.295. The van der Waals surface area contributed by atoms with Gasteiger partial charge in [0.1, 0.15) is 35.5 Å². The van der Waals surface area contributed by atoms with Crippen LogP contribution in [0, 0.1) is 35.5 Å². The number of aliphatic hydroxyl groups is 1. The van der Waals surface area contributed by atoms with Crippen LogP contribution in [0.2, 0.25) is 0 Å². The van der Waals surface area contributed by atoms with Crippen LogP contribution in [0.1, 0.15) is 99.1 Å². The van der Waals surface area contributed by atoms with Gasteiger partial charge in [0.25, 0.3) is 0 Å². The van der Waals surface area contributed by atoms with Crippen molar-refractivity contribution in [3.8, 4) is 10.7 Å². The Labute approximate surface area is 362 Å². The van der Waals surface area contributed by atoms with Crippen molar-refractivity contribution < 1.29 is 52.8 Å². The van der Waals surface area contributed by atoms with E-state index < -0.39 is 95.1 Å². The van der Waals surface area contributed by atoms with Crippen molar-refractivity contribution in [2.45, 2.75) is 142 Å². The number of cyclic esters (lactones) is 1. The number of rotatable bonds is 11. The average molecular weight is 873 g/mol. The van der Waals surface area contributed by atoms with Crippen LogP contribution < -0.4 is 5.73 Å². The van der Waals surface area contributed by atoms with Gasteiger partial charge in [-0.3, -0.25) is 24.2 Å². The molecular formula is C43H64N6O11S. The molecule has 0 spiro atoms. The molecular weight excluding hydrogens is 809 g/mol. The molecule has 18 heteroatoms. The van der Waals surface area contributed by atoms with Gasteiger partial charge in [-0.25, -0.2) is 0 Å². The Balaban J connectivity index is 1.53. The molecule has 3 N–H and O–H groups in total. The molecule has 3 saturated heterocycles. The van der Waals surface area contributed by atoms with Crippen molar-refractivity contribution in [3.63, 3.8) is 0 Å². The first-order valence-electron chi connectivity index (χ1n) is 21.2. The molecule has 5 heterocycles. The normalized spacial score (nSPS) is 37.4. The summed E-state index contributed by atoms with van der Waals surface area (Å²) in [7, 11) is 5.18. The molecule has 2 aromatic rings. The second-order valence-electron chi connectivity index (χ2n) is 17.4. The zero-order valence-corrected chi connectivity index (χ0v) is 38.2. The lowest BCUT2D eigenvalue weighted by Crippen LogP contribution is -2.59. The number of methoxy groups -OCH3 is 1. The molecule has 3 aliphatic rings. The van der Waals surface area contributed by atoms with Gasteiger partial charge in [-0.15, -0.1) is 10.2 Å². The number of ether oxygens (including phenoxy) is 5. The molecule has 3 aliphatic heterocycles. The average Bonchev–Trinajstić information content (AvgIpc) is 3.84. The molecule has 0 bridgehead atoms. The van der Waals surface area contributed by atoms with E-state index >= 15 is 4.79 Å². The highest BCUT2D eigenvalue weighted by molar-refractivity contribution is 7.14. The summed E-state index contributed by atoms with van der Waals surface area (Å²) >= 11 is 1.26. The van der Waals surface area contributed by atoms with E-state index in [0.717, 1.165) is 0 Å². The van der Waals surface area contributed by atoms with E-state index in [1.54, 1.807) is 53.8 Å².